The van der Waals surface area contributed by atoms with Crippen molar-refractivity contribution in [1.82, 2.24) is 10.2 Å². The minimum absolute atomic E-state index is 0.761. The van der Waals surface area contributed by atoms with Crippen molar-refractivity contribution < 1.29 is 0 Å². The molecule has 0 atom stereocenters. The van der Waals surface area contributed by atoms with Crippen LogP contribution in [0.3, 0.4) is 0 Å². The lowest BCUT2D eigenvalue weighted by atomic mass is 9.55. The fourth-order valence-electron chi connectivity index (χ4n) is 4.39. The Hall–Kier alpha value is -0.0800. The number of rotatable bonds is 5. The second-order valence-corrected chi connectivity index (χ2v) is 7.40. The normalized spacial score (nSPS) is 36.3. The summed E-state index contributed by atoms with van der Waals surface area (Å²) in [5.74, 6) is 1.77. The number of nitrogens with one attached hydrogen (secondary N) is 1. The van der Waals surface area contributed by atoms with E-state index in [9.17, 15) is 0 Å². The highest BCUT2D eigenvalue weighted by molar-refractivity contribution is 4.98. The van der Waals surface area contributed by atoms with Crippen LogP contribution >= 0.6 is 0 Å². The molecule has 2 aliphatic carbocycles. The van der Waals surface area contributed by atoms with E-state index in [4.69, 9.17) is 0 Å². The summed E-state index contributed by atoms with van der Waals surface area (Å²) in [7, 11) is 4.41. The molecular formula is C16H32N2. The molecule has 106 valence electrons. The molecule has 0 aromatic carbocycles. The van der Waals surface area contributed by atoms with Gasteiger partial charge in [-0.25, -0.2) is 0 Å². The molecule has 0 heterocycles. The Labute approximate surface area is 114 Å². The van der Waals surface area contributed by atoms with Crippen LogP contribution in [-0.4, -0.2) is 38.1 Å². The number of hydrogen-bond acceptors (Lipinski definition) is 2. The van der Waals surface area contributed by atoms with Crippen LogP contribution in [0.4, 0.5) is 0 Å². The topological polar surface area (TPSA) is 15.3 Å². The molecule has 0 unspecified atom stereocenters. The van der Waals surface area contributed by atoms with Crippen molar-refractivity contribution in [3.63, 3.8) is 0 Å². The maximum atomic E-state index is 3.33. The van der Waals surface area contributed by atoms with Gasteiger partial charge in [-0.1, -0.05) is 13.8 Å². The lowest BCUT2D eigenvalue weighted by Gasteiger charge is -2.53. The van der Waals surface area contributed by atoms with Gasteiger partial charge in [0.25, 0.3) is 0 Å². The first-order valence-electron chi connectivity index (χ1n) is 7.89. The number of nitrogens with zero attached hydrogens (tertiary/aromatic N) is 1. The van der Waals surface area contributed by atoms with Crippen molar-refractivity contribution in [3.05, 3.63) is 0 Å². The molecule has 0 radical (unpaired) electrons. The third kappa shape index (κ3) is 3.27. The third-order valence-electron chi connectivity index (χ3n) is 5.23. The molecule has 2 heteroatoms. The van der Waals surface area contributed by atoms with Crippen LogP contribution in [0.1, 0.15) is 52.4 Å². The predicted molar refractivity (Wildman–Crippen MR) is 78.8 cm³/mol. The molecule has 18 heavy (non-hydrogen) atoms. The van der Waals surface area contributed by atoms with Gasteiger partial charge in [-0.3, -0.25) is 0 Å². The van der Waals surface area contributed by atoms with E-state index in [0.717, 1.165) is 23.3 Å². The highest BCUT2D eigenvalue weighted by atomic mass is 15.1. The van der Waals surface area contributed by atoms with E-state index in [1.54, 1.807) is 0 Å². The Bertz CT molecular complexity index is 246. The van der Waals surface area contributed by atoms with Crippen molar-refractivity contribution in [2.45, 2.75) is 58.4 Å². The molecule has 2 nitrogen and oxygen atoms in total. The summed E-state index contributed by atoms with van der Waals surface area (Å²) in [6.45, 7) is 7.16. The molecule has 0 aromatic rings. The lowest BCUT2D eigenvalue weighted by Crippen LogP contribution is -2.47. The van der Waals surface area contributed by atoms with Gasteiger partial charge in [0.05, 0.1) is 0 Å². The first kappa shape index (κ1) is 14.3. The zero-order valence-electron chi connectivity index (χ0n) is 12.8. The summed E-state index contributed by atoms with van der Waals surface area (Å²) in [6, 6.07) is 0.862. The van der Waals surface area contributed by atoms with Crippen LogP contribution in [0.25, 0.3) is 0 Å². The molecule has 0 bridgehead atoms. The molecule has 0 aliphatic heterocycles. The molecule has 2 fully saturated rings. The fraction of sp³-hybridized carbons (Fsp3) is 1.00. The van der Waals surface area contributed by atoms with E-state index in [0.29, 0.717) is 0 Å². The van der Waals surface area contributed by atoms with Gasteiger partial charge in [0.15, 0.2) is 0 Å². The Morgan fingerprint density at radius 1 is 1.22 bits per heavy atom. The quantitative estimate of drug-likeness (QED) is 0.809. The molecule has 1 N–H and O–H groups in total. The van der Waals surface area contributed by atoms with Gasteiger partial charge in [0, 0.05) is 12.6 Å². The van der Waals surface area contributed by atoms with Crippen molar-refractivity contribution in [2.24, 2.45) is 17.3 Å². The second-order valence-electron chi connectivity index (χ2n) is 7.40. The molecular weight excluding hydrogens is 220 g/mol. The summed E-state index contributed by atoms with van der Waals surface area (Å²) >= 11 is 0. The van der Waals surface area contributed by atoms with E-state index in [1.165, 1.54) is 51.6 Å². The first-order chi connectivity index (χ1) is 8.54. The van der Waals surface area contributed by atoms with Crippen LogP contribution < -0.4 is 5.32 Å². The maximum absolute atomic E-state index is 3.33. The fourth-order valence-corrected chi connectivity index (χ4v) is 4.39. The van der Waals surface area contributed by atoms with Gasteiger partial charge in [0.1, 0.15) is 0 Å². The maximum Gasteiger partial charge on any atom is 0.00927 e. The molecule has 2 rings (SSSR count). The summed E-state index contributed by atoms with van der Waals surface area (Å²) in [5.41, 5.74) is 0.761. The molecule has 0 saturated heterocycles. The van der Waals surface area contributed by atoms with Crippen molar-refractivity contribution in [3.8, 4) is 0 Å². The molecule has 0 amide bonds. The van der Waals surface area contributed by atoms with Gasteiger partial charge < -0.3 is 10.2 Å². The van der Waals surface area contributed by atoms with E-state index in [1.807, 2.05) is 0 Å². The summed E-state index contributed by atoms with van der Waals surface area (Å²) in [6.07, 6.45) is 8.84. The van der Waals surface area contributed by atoms with Crippen LogP contribution in [-0.2, 0) is 0 Å². The van der Waals surface area contributed by atoms with Gasteiger partial charge in [-0.05, 0) is 76.4 Å². The van der Waals surface area contributed by atoms with Crippen LogP contribution in [0.5, 0.6) is 0 Å². The van der Waals surface area contributed by atoms with Gasteiger partial charge in [-0.15, -0.1) is 0 Å². The van der Waals surface area contributed by atoms with E-state index in [2.05, 4.69) is 38.2 Å². The van der Waals surface area contributed by atoms with Gasteiger partial charge in [-0.2, -0.15) is 0 Å². The van der Waals surface area contributed by atoms with E-state index in [-0.39, 0.29) is 0 Å². The minimum Gasteiger partial charge on any atom is -0.319 e. The third-order valence-corrected chi connectivity index (χ3v) is 5.23. The minimum atomic E-state index is 0.761. The summed E-state index contributed by atoms with van der Waals surface area (Å²) < 4.78 is 0. The average Bonchev–Trinajstić information content (AvgIpc) is 2.27. The second kappa shape index (κ2) is 5.92. The van der Waals surface area contributed by atoms with E-state index >= 15 is 0 Å². The Morgan fingerprint density at radius 2 is 1.83 bits per heavy atom. The van der Waals surface area contributed by atoms with Gasteiger partial charge >= 0.3 is 0 Å². The zero-order valence-corrected chi connectivity index (χ0v) is 12.8. The smallest absolute Gasteiger partial charge is 0.00927 e. The Balaban J connectivity index is 1.72. The molecule has 0 aromatic heterocycles. The highest BCUT2D eigenvalue weighted by Crippen LogP contribution is 2.54. The van der Waals surface area contributed by atoms with Crippen LogP contribution in [0, 0.1) is 17.3 Å². The summed E-state index contributed by atoms with van der Waals surface area (Å²) in [5, 5.41) is 3.33. The lowest BCUT2D eigenvalue weighted by molar-refractivity contribution is -0.00881. The Kier molecular flexibility index (Phi) is 4.71. The Morgan fingerprint density at radius 3 is 2.33 bits per heavy atom. The first-order valence-corrected chi connectivity index (χ1v) is 7.89. The molecule has 2 saturated carbocycles. The van der Waals surface area contributed by atoms with E-state index < -0.39 is 0 Å². The standard InChI is InChI=1S/C16H32N2/c1-13(2)12-18(4)15-5-7-16(8-6-15)9-14(10-16)11-17-3/h13-15,17H,5-12H2,1-4H3/t14-,15-,16?. The highest BCUT2D eigenvalue weighted by Gasteiger charge is 2.45. The largest absolute Gasteiger partial charge is 0.319 e. The monoisotopic (exact) mass is 252 g/mol. The number of hydrogen-bond donors (Lipinski definition) is 1. The zero-order chi connectivity index (χ0) is 13.2. The average molecular weight is 252 g/mol. The molecule has 2 aliphatic rings. The molecule has 1 spiro atoms. The van der Waals surface area contributed by atoms with Gasteiger partial charge in [0.2, 0.25) is 0 Å². The van der Waals surface area contributed by atoms with Crippen LogP contribution in [0.2, 0.25) is 0 Å². The van der Waals surface area contributed by atoms with Crippen LogP contribution in [0.15, 0.2) is 0 Å². The summed E-state index contributed by atoms with van der Waals surface area (Å²) in [4.78, 5) is 2.61. The van der Waals surface area contributed by atoms with Crippen molar-refractivity contribution >= 4 is 0 Å². The SMILES string of the molecule is CNC[C@H]1CC2(CC[C@H](N(C)CC(C)C)CC2)C1. The predicted octanol–water partition coefficient (Wildman–Crippen LogP) is 3.13. The van der Waals surface area contributed by atoms with Crippen molar-refractivity contribution in [2.75, 3.05) is 27.2 Å². The van der Waals surface area contributed by atoms with Crippen molar-refractivity contribution in [1.29, 1.82) is 0 Å².